The summed E-state index contributed by atoms with van der Waals surface area (Å²) in [4.78, 5) is 36.5. The van der Waals surface area contributed by atoms with Crippen LogP contribution in [0.5, 0.6) is 5.75 Å². The van der Waals surface area contributed by atoms with Crippen molar-refractivity contribution in [2.45, 2.75) is 52.1 Å². The van der Waals surface area contributed by atoms with E-state index in [2.05, 4.69) is 38.4 Å². The van der Waals surface area contributed by atoms with Gasteiger partial charge < -0.3 is 20.2 Å². The lowest BCUT2D eigenvalue weighted by Gasteiger charge is -2.29. The Balaban J connectivity index is 1.33. The Hall–Kier alpha value is -4.25. The van der Waals surface area contributed by atoms with Crippen molar-refractivity contribution in [1.82, 2.24) is 25.4 Å². The molecule has 0 spiro atoms. The third-order valence-electron chi connectivity index (χ3n) is 8.64. The van der Waals surface area contributed by atoms with Gasteiger partial charge in [-0.15, -0.1) is 10.2 Å². The minimum atomic E-state index is -2.52. The predicted octanol–water partition coefficient (Wildman–Crippen LogP) is 5.52. The molecule has 0 fully saturated rings. The number of ether oxygens (including phenoxy) is 1. The van der Waals surface area contributed by atoms with Gasteiger partial charge in [-0.3, -0.25) is 14.2 Å². The molecule has 2 unspecified atom stereocenters. The molecule has 2 heterocycles. The highest BCUT2D eigenvalue weighted by Gasteiger charge is 2.33. The Labute approximate surface area is 282 Å². The Kier molecular flexibility index (Phi) is 10.6. The normalized spacial score (nSPS) is 15.9. The van der Waals surface area contributed by atoms with Crippen LogP contribution in [0, 0.1) is 12.8 Å². The number of methoxy groups -OCH3 is 1. The molecule has 0 aliphatic carbocycles. The number of aryl methyl sites for hydroxylation is 1. The second-order valence-electron chi connectivity index (χ2n) is 12.4. The van der Waals surface area contributed by atoms with Gasteiger partial charge in [0.05, 0.1) is 12.8 Å². The van der Waals surface area contributed by atoms with Crippen molar-refractivity contribution in [1.29, 1.82) is 0 Å². The zero-order valence-electron chi connectivity index (χ0n) is 27.5. The molecular weight excluding hydrogens is 630 g/mol. The molecule has 0 saturated heterocycles. The van der Waals surface area contributed by atoms with Gasteiger partial charge in [-0.2, -0.15) is 0 Å². The molecule has 2 atom stereocenters. The van der Waals surface area contributed by atoms with Crippen LogP contribution >= 0.6 is 11.6 Å². The lowest BCUT2D eigenvalue weighted by molar-refractivity contribution is -0.121. The predicted molar refractivity (Wildman–Crippen MR) is 188 cm³/mol. The lowest BCUT2D eigenvalue weighted by atomic mass is 9.81. The topological polar surface area (TPSA) is 118 Å². The summed E-state index contributed by atoms with van der Waals surface area (Å²) in [5, 5.41) is 16.5. The quantitative estimate of drug-likeness (QED) is 0.143. The number of fused-ring (bicyclic) bond motifs is 3. The third kappa shape index (κ3) is 7.84. The van der Waals surface area contributed by atoms with E-state index in [4.69, 9.17) is 16.3 Å². The summed E-state index contributed by atoms with van der Waals surface area (Å²) in [6.45, 7) is 8.51. The van der Waals surface area contributed by atoms with E-state index in [1.165, 1.54) is 0 Å². The van der Waals surface area contributed by atoms with E-state index in [1.54, 1.807) is 25.3 Å². The van der Waals surface area contributed by atoms with Gasteiger partial charge in [-0.25, -0.2) is 0 Å². The van der Waals surface area contributed by atoms with Crippen molar-refractivity contribution < 1.29 is 19.1 Å². The Bertz CT molecular complexity index is 1780. The van der Waals surface area contributed by atoms with Crippen LogP contribution in [-0.4, -0.2) is 59.9 Å². The van der Waals surface area contributed by atoms with Crippen molar-refractivity contribution in [3.05, 3.63) is 106 Å². The number of amides is 2. The average Bonchev–Trinajstić information content (AvgIpc) is 3.43. The van der Waals surface area contributed by atoms with Crippen LogP contribution in [-0.2, 0) is 4.79 Å². The molecule has 1 aliphatic rings. The molecule has 5 rings (SSSR count). The molecule has 11 heteroatoms. The van der Waals surface area contributed by atoms with Crippen molar-refractivity contribution in [2.24, 2.45) is 5.92 Å². The maximum absolute atomic E-state index is 13.4. The summed E-state index contributed by atoms with van der Waals surface area (Å²) >= 11 is 6.26. The summed E-state index contributed by atoms with van der Waals surface area (Å²) in [6.07, 6.45) is 3.83. The van der Waals surface area contributed by atoms with Crippen LogP contribution in [0.25, 0.3) is 11.3 Å². The molecule has 47 heavy (non-hydrogen) atoms. The highest BCUT2D eigenvalue weighted by molar-refractivity contribution is 6.83. The molecule has 2 amide bonds. The third-order valence-corrected chi connectivity index (χ3v) is 10.6. The van der Waals surface area contributed by atoms with Crippen molar-refractivity contribution in [3.8, 4) is 11.4 Å². The summed E-state index contributed by atoms with van der Waals surface area (Å²) in [6, 6.07) is 20.9. The van der Waals surface area contributed by atoms with Crippen LogP contribution in [0.3, 0.4) is 0 Å². The first kappa shape index (κ1) is 34.1. The summed E-state index contributed by atoms with van der Waals surface area (Å²) < 4.78 is 7.68. The van der Waals surface area contributed by atoms with Gasteiger partial charge in [0.25, 0.3) is 5.91 Å². The number of nitrogens with zero attached hydrogens (tertiary/aromatic N) is 3. The molecule has 9 nitrogen and oxygen atoms in total. The Morgan fingerprint density at radius 3 is 2.47 bits per heavy atom. The van der Waals surface area contributed by atoms with E-state index in [0.29, 0.717) is 30.1 Å². The first-order chi connectivity index (χ1) is 22.5. The maximum atomic E-state index is 13.4. The van der Waals surface area contributed by atoms with Gasteiger partial charge >= 0.3 is 0 Å². The van der Waals surface area contributed by atoms with E-state index in [1.807, 2.05) is 68.5 Å². The number of carbonyl (C=O) groups is 2. The molecule has 0 bridgehead atoms. The second kappa shape index (κ2) is 14.7. The molecule has 3 aromatic carbocycles. The van der Waals surface area contributed by atoms with E-state index in [9.17, 15) is 14.4 Å². The van der Waals surface area contributed by atoms with Gasteiger partial charge in [0.15, 0.2) is 0 Å². The fraction of sp³-hybridized carbons (Fsp3) is 0.333. The second-order valence-corrected chi connectivity index (χ2v) is 16.5. The van der Waals surface area contributed by atoms with Crippen molar-refractivity contribution in [3.63, 3.8) is 0 Å². The minimum Gasteiger partial charge on any atom is -0.497 e. The van der Waals surface area contributed by atoms with E-state index in [-0.39, 0.29) is 30.1 Å². The van der Waals surface area contributed by atoms with Crippen LogP contribution < -0.4 is 20.6 Å². The fourth-order valence-corrected chi connectivity index (χ4v) is 7.18. The number of allylic oxidation sites excluding steroid dienone is 1. The monoisotopic (exact) mass is 671 g/mol. The highest BCUT2D eigenvalue weighted by Crippen LogP contribution is 2.41. The zero-order valence-corrected chi connectivity index (χ0v) is 29.3. The molecule has 0 saturated carbocycles. The first-order valence-electron chi connectivity index (χ1n) is 16.0. The van der Waals surface area contributed by atoms with E-state index >= 15 is 0 Å². The SMILES string of the molecule is CCC1C=C(c2ccc(Cl)cc2)c2cc(OC)ccc2-n2c(C)nnc2C1CC(=O)NCCCNC(=O)c1cccc([Si](C)(C)O)c1. The summed E-state index contributed by atoms with van der Waals surface area (Å²) in [7, 11) is -0.861. The van der Waals surface area contributed by atoms with Crippen LogP contribution in [0.1, 0.15) is 65.2 Å². The Morgan fingerprint density at radius 1 is 1.02 bits per heavy atom. The molecule has 3 N–H and O–H groups in total. The number of aromatic nitrogens is 3. The smallest absolute Gasteiger partial charge is 0.251 e. The van der Waals surface area contributed by atoms with Gasteiger partial charge in [0.2, 0.25) is 14.2 Å². The molecule has 246 valence electrons. The van der Waals surface area contributed by atoms with Crippen LogP contribution in [0.2, 0.25) is 18.1 Å². The molecule has 1 aliphatic heterocycles. The standard InChI is InChI=1S/C36H42ClN5O4Si/c1-6-24-20-30(25-11-13-27(37)14-12-25)32-21-28(46-3)15-16-33(32)42-23(2)40-41-35(42)31(24)22-34(43)38-17-8-18-39-36(44)26-9-7-10-29(19-26)47(4,5)45/h7,9-16,19-21,24,31,45H,6,8,17-18,22H2,1-5H3,(H,38,43)(H,39,44). The van der Waals surface area contributed by atoms with Gasteiger partial charge in [-0.1, -0.05) is 48.9 Å². The summed E-state index contributed by atoms with van der Waals surface area (Å²) in [5.41, 5.74) is 4.44. The van der Waals surface area contributed by atoms with E-state index in [0.717, 1.165) is 51.4 Å². The minimum absolute atomic E-state index is 0.0184. The van der Waals surface area contributed by atoms with Gasteiger partial charge in [0.1, 0.15) is 17.4 Å². The van der Waals surface area contributed by atoms with Gasteiger partial charge in [0, 0.05) is 41.6 Å². The maximum Gasteiger partial charge on any atom is 0.251 e. The summed E-state index contributed by atoms with van der Waals surface area (Å²) in [5.74, 6) is 1.67. The first-order valence-corrected chi connectivity index (χ1v) is 19.3. The van der Waals surface area contributed by atoms with Crippen molar-refractivity contribution >= 4 is 42.5 Å². The van der Waals surface area contributed by atoms with Crippen molar-refractivity contribution in [2.75, 3.05) is 20.2 Å². The highest BCUT2D eigenvalue weighted by atomic mass is 35.5. The van der Waals surface area contributed by atoms with Gasteiger partial charge in [-0.05, 0) is 97.6 Å². The Morgan fingerprint density at radius 2 is 1.77 bits per heavy atom. The van der Waals surface area contributed by atoms with Crippen LogP contribution in [0.4, 0.5) is 0 Å². The zero-order chi connectivity index (χ0) is 33.7. The number of hydrogen-bond donors (Lipinski definition) is 3. The number of rotatable bonds is 11. The lowest BCUT2D eigenvalue weighted by Crippen LogP contribution is -2.42. The number of benzene rings is 3. The fourth-order valence-electron chi connectivity index (χ4n) is 6.04. The van der Waals surface area contributed by atoms with Crippen LogP contribution in [0.15, 0.2) is 72.8 Å². The number of nitrogens with one attached hydrogen (secondary N) is 2. The largest absolute Gasteiger partial charge is 0.497 e. The number of hydrogen-bond acceptors (Lipinski definition) is 6. The molecule has 4 aromatic rings. The molecule has 1 aromatic heterocycles. The number of carbonyl (C=O) groups excluding carboxylic acids is 2. The molecular formula is C36H42ClN5O4Si. The van der Waals surface area contributed by atoms with E-state index < -0.39 is 8.32 Å². The number of halogens is 1. The average molecular weight is 672 g/mol. The molecule has 0 radical (unpaired) electrons.